The van der Waals surface area contributed by atoms with Gasteiger partial charge in [-0.25, -0.2) is 0 Å². The van der Waals surface area contributed by atoms with Crippen LogP contribution < -0.4 is 0 Å². The minimum atomic E-state index is 1.15. The van der Waals surface area contributed by atoms with Crippen LogP contribution in [0.4, 0.5) is 0 Å². The van der Waals surface area contributed by atoms with Crippen LogP contribution in [0.3, 0.4) is 0 Å². The summed E-state index contributed by atoms with van der Waals surface area (Å²) in [5, 5.41) is 15.3. The van der Waals surface area contributed by atoms with E-state index in [0.717, 1.165) is 5.69 Å². The van der Waals surface area contributed by atoms with Gasteiger partial charge in [-0.2, -0.15) is 0 Å². The highest BCUT2D eigenvalue weighted by molar-refractivity contribution is 6.24. The maximum absolute atomic E-state index is 2.45. The van der Waals surface area contributed by atoms with Gasteiger partial charge in [-0.05, 0) is 129 Å². The van der Waals surface area contributed by atoms with Crippen LogP contribution in [0.1, 0.15) is 0 Å². The lowest BCUT2D eigenvalue weighted by Crippen LogP contribution is -1.94. The van der Waals surface area contributed by atoms with Gasteiger partial charge in [0.1, 0.15) is 0 Å². The molecule has 15 aromatic rings. The van der Waals surface area contributed by atoms with Gasteiger partial charge < -0.3 is 13.5 Å². The van der Waals surface area contributed by atoms with Crippen molar-refractivity contribution in [2.75, 3.05) is 0 Å². The molecular formula is C62H37N3. The fourth-order valence-electron chi connectivity index (χ4n) is 11.4. The minimum absolute atomic E-state index is 1.15. The molecule has 0 radical (unpaired) electrons. The highest BCUT2D eigenvalue weighted by atomic mass is 15.0. The number of rotatable bonds is 4. The predicted octanol–water partition coefficient (Wildman–Crippen LogP) is 16.7. The number of nitrogens with zero attached hydrogens (tertiary/aromatic N) is 3. The largest absolute Gasteiger partial charge is 0.309 e. The van der Waals surface area contributed by atoms with E-state index in [0.29, 0.717) is 0 Å². The SMILES string of the molecule is c1ccc2c(c1)ccc1cc(-n3c4ccccc4c4cc(-c5ccc6c(c5)c5ccccc5n6-c5ccc(-c6cc7c8ccccc8n8c9ccccc9c(c6)c78)cc5)ccc43)ccc12. The molecule has 0 bridgehead atoms. The molecule has 0 unspecified atom stereocenters. The van der Waals surface area contributed by atoms with E-state index < -0.39 is 0 Å². The summed E-state index contributed by atoms with van der Waals surface area (Å²) in [6.07, 6.45) is 0. The Morgan fingerprint density at radius 3 is 1.23 bits per heavy atom. The fraction of sp³-hybridized carbons (Fsp3) is 0. The van der Waals surface area contributed by atoms with Crippen molar-refractivity contribution in [3.05, 3.63) is 224 Å². The Bertz CT molecular complexity index is 4380. The first-order valence-electron chi connectivity index (χ1n) is 22.5. The van der Waals surface area contributed by atoms with Gasteiger partial charge in [0, 0.05) is 54.5 Å². The quantitative estimate of drug-likeness (QED) is 0.157. The number of hydrogen-bond acceptors (Lipinski definition) is 0. The van der Waals surface area contributed by atoms with Crippen LogP contribution in [0, 0.1) is 0 Å². The summed E-state index contributed by atoms with van der Waals surface area (Å²) in [4.78, 5) is 0. The number of hydrogen-bond donors (Lipinski definition) is 0. The van der Waals surface area contributed by atoms with Crippen molar-refractivity contribution in [3.8, 4) is 33.6 Å². The zero-order valence-electron chi connectivity index (χ0n) is 35.2. The summed E-state index contributed by atoms with van der Waals surface area (Å²) in [5.74, 6) is 0. The maximum atomic E-state index is 2.45. The Hall–Kier alpha value is -8.66. The number of fused-ring (bicyclic) bond motifs is 15. The Labute approximate surface area is 373 Å². The van der Waals surface area contributed by atoms with Gasteiger partial charge in [-0.3, -0.25) is 0 Å². The summed E-state index contributed by atoms with van der Waals surface area (Å²) in [5.41, 5.74) is 15.8. The van der Waals surface area contributed by atoms with Crippen molar-refractivity contribution in [1.82, 2.24) is 13.5 Å². The van der Waals surface area contributed by atoms with Crippen LogP contribution in [-0.2, 0) is 0 Å². The smallest absolute Gasteiger partial charge is 0.0620 e. The van der Waals surface area contributed by atoms with E-state index in [9.17, 15) is 0 Å². The molecule has 65 heavy (non-hydrogen) atoms. The lowest BCUT2D eigenvalue weighted by Gasteiger charge is -2.11. The molecule has 0 amide bonds. The van der Waals surface area contributed by atoms with Gasteiger partial charge >= 0.3 is 0 Å². The third-order valence-corrected chi connectivity index (χ3v) is 14.3. The summed E-state index contributed by atoms with van der Waals surface area (Å²) >= 11 is 0. The summed E-state index contributed by atoms with van der Waals surface area (Å²) in [6, 6.07) is 83.3. The number of para-hydroxylation sites is 4. The molecular weight excluding hydrogens is 787 g/mol. The zero-order chi connectivity index (χ0) is 42.3. The van der Waals surface area contributed by atoms with E-state index in [4.69, 9.17) is 0 Å². The summed E-state index contributed by atoms with van der Waals surface area (Å²) < 4.78 is 7.30. The van der Waals surface area contributed by atoms with Gasteiger partial charge in [0.15, 0.2) is 0 Å². The predicted molar refractivity (Wildman–Crippen MR) is 276 cm³/mol. The number of benzene rings is 11. The van der Waals surface area contributed by atoms with Crippen LogP contribution >= 0.6 is 0 Å². The molecule has 0 saturated carbocycles. The molecule has 4 heterocycles. The average Bonchev–Trinajstić information content (AvgIpc) is 4.10. The van der Waals surface area contributed by atoms with Crippen LogP contribution in [0.5, 0.6) is 0 Å². The summed E-state index contributed by atoms with van der Waals surface area (Å²) in [7, 11) is 0. The summed E-state index contributed by atoms with van der Waals surface area (Å²) in [6.45, 7) is 0. The minimum Gasteiger partial charge on any atom is -0.309 e. The molecule has 11 aromatic carbocycles. The standard InChI is InChI=1S/C62H37N3/c1-2-12-46-39(11-1)21-22-42-33-45(29-30-47(42)46)64-57-18-8-4-14-49(57)53-35-41(26-32-61(53)64)40-25-31-60-52(34-40)48-13-3-7-17-56(48)63(60)44-27-23-38(24-28-44)43-36-54-50-15-5-9-19-58(50)65-59-20-10-6-16-51(59)55(37-43)62(54)65/h1-37H. The van der Waals surface area contributed by atoms with E-state index in [1.54, 1.807) is 0 Å². The van der Waals surface area contributed by atoms with Crippen LogP contribution in [0.25, 0.3) is 137 Å². The normalized spacial score (nSPS) is 12.3. The van der Waals surface area contributed by atoms with Crippen molar-refractivity contribution in [2.24, 2.45) is 0 Å². The van der Waals surface area contributed by atoms with Crippen molar-refractivity contribution in [1.29, 1.82) is 0 Å². The molecule has 4 aromatic heterocycles. The monoisotopic (exact) mass is 823 g/mol. The van der Waals surface area contributed by atoms with E-state index in [-0.39, 0.29) is 0 Å². The van der Waals surface area contributed by atoms with E-state index >= 15 is 0 Å². The Balaban J connectivity index is 0.838. The van der Waals surface area contributed by atoms with E-state index in [2.05, 4.69) is 238 Å². The highest BCUT2D eigenvalue weighted by Crippen LogP contribution is 2.43. The molecule has 300 valence electrons. The van der Waals surface area contributed by atoms with Crippen molar-refractivity contribution >= 4 is 103 Å². The highest BCUT2D eigenvalue weighted by Gasteiger charge is 2.20. The second kappa shape index (κ2) is 12.9. The van der Waals surface area contributed by atoms with Gasteiger partial charge in [0.05, 0.1) is 38.6 Å². The third kappa shape index (κ3) is 4.84. The molecule has 0 saturated heterocycles. The van der Waals surface area contributed by atoms with Gasteiger partial charge in [0.25, 0.3) is 0 Å². The third-order valence-electron chi connectivity index (χ3n) is 14.3. The maximum Gasteiger partial charge on any atom is 0.0620 e. The number of aromatic nitrogens is 3. The molecule has 0 aliphatic carbocycles. The van der Waals surface area contributed by atoms with Crippen molar-refractivity contribution in [2.45, 2.75) is 0 Å². The first-order valence-corrected chi connectivity index (χ1v) is 22.5. The van der Waals surface area contributed by atoms with Gasteiger partial charge in [-0.1, -0.05) is 140 Å². The Morgan fingerprint density at radius 2 is 0.631 bits per heavy atom. The topological polar surface area (TPSA) is 14.3 Å². The van der Waals surface area contributed by atoms with Crippen molar-refractivity contribution in [3.63, 3.8) is 0 Å². The molecule has 3 nitrogen and oxygen atoms in total. The second-order valence-corrected chi connectivity index (χ2v) is 17.7. The molecule has 0 aliphatic rings. The van der Waals surface area contributed by atoms with Gasteiger partial charge in [0.2, 0.25) is 0 Å². The first kappa shape index (κ1) is 34.9. The molecule has 3 heteroatoms. The molecule has 0 fully saturated rings. The van der Waals surface area contributed by atoms with Crippen LogP contribution in [0.15, 0.2) is 224 Å². The molecule has 0 atom stereocenters. The zero-order valence-corrected chi connectivity index (χ0v) is 35.2. The fourth-order valence-corrected chi connectivity index (χ4v) is 11.4. The van der Waals surface area contributed by atoms with E-state index in [1.165, 1.54) is 131 Å². The van der Waals surface area contributed by atoms with Gasteiger partial charge in [-0.15, -0.1) is 0 Å². The second-order valence-electron chi connectivity index (χ2n) is 17.7. The molecule has 0 spiro atoms. The Morgan fingerprint density at radius 1 is 0.215 bits per heavy atom. The Kier molecular flexibility index (Phi) is 6.95. The van der Waals surface area contributed by atoms with Crippen LogP contribution in [0.2, 0.25) is 0 Å². The molecule has 15 rings (SSSR count). The van der Waals surface area contributed by atoms with E-state index in [1.807, 2.05) is 0 Å². The lowest BCUT2D eigenvalue weighted by molar-refractivity contribution is 1.18. The average molecular weight is 824 g/mol. The molecule has 0 N–H and O–H groups in total. The lowest BCUT2D eigenvalue weighted by atomic mass is 9.99. The first-order chi connectivity index (χ1) is 32.2. The molecule has 0 aliphatic heterocycles. The van der Waals surface area contributed by atoms with Crippen LogP contribution in [-0.4, -0.2) is 13.5 Å². The van der Waals surface area contributed by atoms with Crippen molar-refractivity contribution < 1.29 is 0 Å².